The Bertz CT molecular complexity index is 923. The molecule has 2 heterocycles. The van der Waals surface area contributed by atoms with Crippen molar-refractivity contribution in [1.29, 1.82) is 0 Å². The number of rotatable bonds is 2. The number of halogens is 1. The summed E-state index contributed by atoms with van der Waals surface area (Å²) < 4.78 is 16.1. The zero-order valence-electron chi connectivity index (χ0n) is 14.3. The van der Waals surface area contributed by atoms with Crippen molar-refractivity contribution in [2.24, 2.45) is 7.05 Å². The summed E-state index contributed by atoms with van der Waals surface area (Å²) in [5.41, 5.74) is 2.73. The van der Waals surface area contributed by atoms with Crippen LogP contribution in [0.15, 0.2) is 54.6 Å². The monoisotopic (exact) mass is 336 g/mol. The van der Waals surface area contributed by atoms with Crippen molar-refractivity contribution >= 4 is 16.8 Å². The zero-order chi connectivity index (χ0) is 17.4. The summed E-state index contributed by atoms with van der Waals surface area (Å²) in [5, 5.41) is 1.25. The Balaban J connectivity index is 1.50. The maximum Gasteiger partial charge on any atom is 0.256 e. The van der Waals surface area contributed by atoms with Crippen LogP contribution in [0.3, 0.4) is 0 Å². The molecule has 1 saturated heterocycles. The maximum atomic E-state index is 13.9. The number of piperidine rings is 1. The van der Waals surface area contributed by atoms with E-state index in [1.54, 1.807) is 23.1 Å². The molecule has 25 heavy (non-hydrogen) atoms. The van der Waals surface area contributed by atoms with E-state index in [1.165, 1.54) is 22.7 Å². The van der Waals surface area contributed by atoms with Crippen molar-refractivity contribution < 1.29 is 9.18 Å². The van der Waals surface area contributed by atoms with Gasteiger partial charge >= 0.3 is 0 Å². The number of nitrogens with zero attached hydrogens (tertiary/aromatic N) is 2. The lowest BCUT2D eigenvalue weighted by Gasteiger charge is -2.32. The van der Waals surface area contributed by atoms with E-state index in [9.17, 15) is 9.18 Å². The fourth-order valence-corrected chi connectivity index (χ4v) is 3.89. The molecule has 0 radical (unpaired) electrons. The van der Waals surface area contributed by atoms with Crippen molar-refractivity contribution in [1.82, 2.24) is 9.47 Å². The highest BCUT2D eigenvalue weighted by molar-refractivity contribution is 5.94. The number of aryl methyl sites for hydroxylation is 1. The van der Waals surface area contributed by atoms with Gasteiger partial charge in [-0.3, -0.25) is 4.79 Å². The van der Waals surface area contributed by atoms with Gasteiger partial charge in [0.2, 0.25) is 0 Å². The maximum absolute atomic E-state index is 13.9. The highest BCUT2D eigenvalue weighted by Crippen LogP contribution is 2.32. The summed E-state index contributed by atoms with van der Waals surface area (Å²) in [6.07, 6.45) is 1.81. The van der Waals surface area contributed by atoms with Crippen LogP contribution >= 0.6 is 0 Å². The number of hydrogen-bond acceptors (Lipinski definition) is 1. The standard InChI is InChI=1S/C21H21FN2O/c1-23-19-9-5-2-6-16(19)14-20(23)15-10-12-24(13-11-15)21(25)17-7-3-4-8-18(17)22/h2-9,14-15H,10-13H2,1H3. The molecule has 0 saturated carbocycles. The Hall–Kier alpha value is -2.62. The number of aromatic nitrogens is 1. The predicted molar refractivity (Wildman–Crippen MR) is 97.2 cm³/mol. The Morgan fingerprint density at radius 3 is 2.44 bits per heavy atom. The number of amides is 1. The van der Waals surface area contributed by atoms with E-state index < -0.39 is 5.82 Å². The Labute approximate surface area is 146 Å². The van der Waals surface area contributed by atoms with Gasteiger partial charge in [0.25, 0.3) is 5.91 Å². The van der Waals surface area contributed by atoms with Crippen LogP contribution in [0.5, 0.6) is 0 Å². The minimum atomic E-state index is -0.441. The quantitative estimate of drug-likeness (QED) is 0.683. The van der Waals surface area contributed by atoms with Crippen LogP contribution in [0.1, 0.15) is 34.8 Å². The van der Waals surface area contributed by atoms with Crippen molar-refractivity contribution in [3.05, 3.63) is 71.7 Å². The van der Waals surface area contributed by atoms with Crippen LogP contribution in [0, 0.1) is 5.82 Å². The summed E-state index contributed by atoms with van der Waals surface area (Å²) in [6, 6.07) is 16.9. The molecule has 3 aromatic rings. The summed E-state index contributed by atoms with van der Waals surface area (Å²) in [6.45, 7) is 1.33. The van der Waals surface area contributed by atoms with Crippen LogP contribution in [0.25, 0.3) is 10.9 Å². The topological polar surface area (TPSA) is 25.2 Å². The van der Waals surface area contributed by atoms with Gasteiger partial charge in [0.1, 0.15) is 5.82 Å². The number of carbonyl (C=O) groups is 1. The van der Waals surface area contributed by atoms with E-state index >= 15 is 0 Å². The van der Waals surface area contributed by atoms with E-state index in [-0.39, 0.29) is 11.5 Å². The zero-order valence-corrected chi connectivity index (χ0v) is 14.3. The highest BCUT2D eigenvalue weighted by Gasteiger charge is 2.27. The lowest BCUT2D eigenvalue weighted by atomic mass is 9.93. The van der Waals surface area contributed by atoms with Crippen molar-refractivity contribution in [3.8, 4) is 0 Å². The smallest absolute Gasteiger partial charge is 0.256 e. The third kappa shape index (κ3) is 2.82. The van der Waals surface area contributed by atoms with E-state index in [1.807, 2.05) is 0 Å². The second-order valence-electron chi connectivity index (χ2n) is 6.73. The lowest BCUT2D eigenvalue weighted by Crippen LogP contribution is -2.38. The number of fused-ring (bicyclic) bond motifs is 1. The van der Waals surface area contributed by atoms with E-state index in [0.717, 1.165) is 12.8 Å². The van der Waals surface area contributed by atoms with Gasteiger partial charge in [-0.15, -0.1) is 0 Å². The molecule has 4 heteroatoms. The molecule has 128 valence electrons. The molecule has 4 rings (SSSR count). The minimum Gasteiger partial charge on any atom is -0.347 e. The fraction of sp³-hybridized carbons (Fsp3) is 0.286. The first kappa shape index (κ1) is 15.9. The van der Waals surface area contributed by atoms with Crippen LogP contribution in [-0.4, -0.2) is 28.5 Å². The Kier molecular flexibility index (Phi) is 4.04. The van der Waals surface area contributed by atoms with Gasteiger partial charge in [0.15, 0.2) is 0 Å². The van der Waals surface area contributed by atoms with E-state index in [4.69, 9.17) is 0 Å². The SMILES string of the molecule is Cn1c(C2CCN(C(=O)c3ccccc3F)CC2)cc2ccccc21. The number of para-hydroxylation sites is 1. The van der Waals surface area contributed by atoms with Gasteiger partial charge in [-0.05, 0) is 42.5 Å². The second kappa shape index (κ2) is 6.36. The number of benzene rings is 2. The molecule has 0 spiro atoms. The molecule has 2 aromatic carbocycles. The summed E-state index contributed by atoms with van der Waals surface area (Å²) in [7, 11) is 2.11. The normalized spacial score (nSPS) is 15.7. The second-order valence-corrected chi connectivity index (χ2v) is 6.73. The molecule has 1 amide bonds. The molecule has 0 bridgehead atoms. The molecule has 1 aliphatic rings. The van der Waals surface area contributed by atoms with Crippen molar-refractivity contribution in [2.45, 2.75) is 18.8 Å². The van der Waals surface area contributed by atoms with E-state index in [0.29, 0.717) is 19.0 Å². The average molecular weight is 336 g/mol. The van der Waals surface area contributed by atoms with Crippen LogP contribution < -0.4 is 0 Å². The third-order valence-electron chi connectivity index (χ3n) is 5.29. The molecule has 3 nitrogen and oxygen atoms in total. The fourth-order valence-electron chi connectivity index (χ4n) is 3.89. The van der Waals surface area contributed by atoms with E-state index in [2.05, 4.69) is 41.9 Å². The molecule has 0 unspecified atom stereocenters. The van der Waals surface area contributed by atoms with Gasteiger partial charge in [-0.1, -0.05) is 30.3 Å². The molecule has 1 aliphatic heterocycles. The van der Waals surface area contributed by atoms with Gasteiger partial charge in [0.05, 0.1) is 5.56 Å². The van der Waals surface area contributed by atoms with Crippen LogP contribution in [0.4, 0.5) is 4.39 Å². The lowest BCUT2D eigenvalue weighted by molar-refractivity contribution is 0.0707. The molecular weight excluding hydrogens is 315 g/mol. The molecule has 0 aliphatic carbocycles. The summed E-state index contributed by atoms with van der Waals surface area (Å²) in [4.78, 5) is 14.3. The number of carbonyl (C=O) groups excluding carboxylic acids is 1. The van der Waals surface area contributed by atoms with Crippen molar-refractivity contribution in [3.63, 3.8) is 0 Å². The first-order valence-electron chi connectivity index (χ1n) is 8.73. The highest BCUT2D eigenvalue weighted by atomic mass is 19.1. The summed E-state index contributed by atoms with van der Waals surface area (Å²) in [5.74, 6) is -0.209. The minimum absolute atomic E-state index is 0.172. The molecule has 1 fully saturated rings. The van der Waals surface area contributed by atoms with Crippen molar-refractivity contribution in [2.75, 3.05) is 13.1 Å². The molecular formula is C21H21FN2O. The van der Waals surface area contributed by atoms with Crippen LogP contribution in [0.2, 0.25) is 0 Å². The summed E-state index contributed by atoms with van der Waals surface area (Å²) >= 11 is 0. The molecule has 1 aromatic heterocycles. The first-order chi connectivity index (χ1) is 12.1. The molecule has 0 atom stereocenters. The van der Waals surface area contributed by atoms with Gasteiger partial charge in [0, 0.05) is 37.3 Å². The average Bonchev–Trinajstić information content (AvgIpc) is 2.99. The van der Waals surface area contributed by atoms with Gasteiger partial charge in [-0.25, -0.2) is 4.39 Å². The third-order valence-corrected chi connectivity index (χ3v) is 5.29. The van der Waals surface area contributed by atoms with Crippen LogP contribution in [-0.2, 0) is 7.05 Å². The van der Waals surface area contributed by atoms with Gasteiger partial charge in [-0.2, -0.15) is 0 Å². The number of hydrogen-bond donors (Lipinski definition) is 0. The first-order valence-corrected chi connectivity index (χ1v) is 8.73. The Morgan fingerprint density at radius 1 is 1.04 bits per heavy atom. The van der Waals surface area contributed by atoms with Gasteiger partial charge < -0.3 is 9.47 Å². The predicted octanol–water partition coefficient (Wildman–Crippen LogP) is 4.34. The molecule has 0 N–H and O–H groups in total. The largest absolute Gasteiger partial charge is 0.347 e. The Morgan fingerprint density at radius 2 is 1.72 bits per heavy atom. The number of likely N-dealkylation sites (tertiary alicyclic amines) is 1.